The van der Waals surface area contributed by atoms with Gasteiger partial charge >= 0.3 is 0 Å². The lowest BCUT2D eigenvalue weighted by Crippen LogP contribution is -2.43. The van der Waals surface area contributed by atoms with Crippen molar-refractivity contribution in [3.63, 3.8) is 0 Å². The fourth-order valence-electron chi connectivity index (χ4n) is 2.73. The van der Waals surface area contributed by atoms with Crippen molar-refractivity contribution >= 4 is 0 Å². The average molecular weight is 242 g/mol. The monoisotopic (exact) mass is 242 g/mol. The zero-order chi connectivity index (χ0) is 12.5. The Kier molecular flexibility index (Phi) is 7.82. The van der Waals surface area contributed by atoms with Gasteiger partial charge in [-0.25, -0.2) is 0 Å². The van der Waals surface area contributed by atoms with Crippen LogP contribution in [-0.2, 0) is 0 Å². The Balaban J connectivity index is 2.16. The molecule has 1 unspecified atom stereocenters. The summed E-state index contributed by atoms with van der Waals surface area (Å²) in [6.07, 6.45) is 5.98. The third-order valence-corrected chi connectivity index (χ3v) is 3.96. The molecular weight excluding hydrogens is 212 g/mol. The molecule has 0 aromatic rings. The van der Waals surface area contributed by atoms with Crippen LogP contribution in [0.1, 0.15) is 46.0 Å². The minimum atomic E-state index is 0.334. The molecule has 1 rings (SSSR count). The summed E-state index contributed by atoms with van der Waals surface area (Å²) < 4.78 is 0. The Morgan fingerprint density at radius 1 is 1.24 bits per heavy atom. The van der Waals surface area contributed by atoms with Gasteiger partial charge in [0.05, 0.1) is 0 Å². The molecular formula is C14H30N2O. The van der Waals surface area contributed by atoms with Crippen molar-refractivity contribution in [1.29, 1.82) is 0 Å². The lowest BCUT2D eigenvalue weighted by molar-refractivity contribution is 0.196. The van der Waals surface area contributed by atoms with E-state index in [-0.39, 0.29) is 0 Å². The standard InChI is InChI=1S/C14H30N2O/c1-3-5-13(8-11-17)12-15-14-6-9-16(4-2)10-7-14/h13-15,17H,3-12H2,1-2H3. The van der Waals surface area contributed by atoms with Crippen LogP contribution in [0.2, 0.25) is 0 Å². The second-order valence-corrected chi connectivity index (χ2v) is 5.28. The fourth-order valence-corrected chi connectivity index (χ4v) is 2.73. The zero-order valence-corrected chi connectivity index (χ0v) is 11.6. The predicted molar refractivity (Wildman–Crippen MR) is 73.2 cm³/mol. The average Bonchev–Trinajstić information content (AvgIpc) is 2.37. The van der Waals surface area contributed by atoms with E-state index in [9.17, 15) is 0 Å². The Morgan fingerprint density at radius 2 is 1.94 bits per heavy atom. The Morgan fingerprint density at radius 3 is 2.47 bits per heavy atom. The summed E-state index contributed by atoms with van der Waals surface area (Å²) in [5, 5.41) is 12.7. The molecule has 0 aliphatic carbocycles. The molecule has 0 radical (unpaired) electrons. The quantitative estimate of drug-likeness (QED) is 0.682. The predicted octanol–water partition coefficient (Wildman–Crippen LogP) is 1.86. The first-order valence-corrected chi connectivity index (χ1v) is 7.36. The summed E-state index contributed by atoms with van der Waals surface area (Å²) in [7, 11) is 0. The highest BCUT2D eigenvalue weighted by Crippen LogP contribution is 2.13. The van der Waals surface area contributed by atoms with E-state index in [4.69, 9.17) is 5.11 Å². The highest BCUT2D eigenvalue weighted by atomic mass is 16.3. The number of nitrogens with zero attached hydrogens (tertiary/aromatic N) is 1. The van der Waals surface area contributed by atoms with Crippen molar-refractivity contribution in [3.8, 4) is 0 Å². The van der Waals surface area contributed by atoms with Crippen molar-refractivity contribution in [2.45, 2.75) is 52.0 Å². The minimum absolute atomic E-state index is 0.334. The van der Waals surface area contributed by atoms with Gasteiger partial charge in [0.1, 0.15) is 0 Å². The van der Waals surface area contributed by atoms with Crippen molar-refractivity contribution in [3.05, 3.63) is 0 Å². The maximum absolute atomic E-state index is 9.03. The third kappa shape index (κ3) is 5.84. The summed E-state index contributed by atoms with van der Waals surface area (Å²) in [4.78, 5) is 2.52. The highest BCUT2D eigenvalue weighted by Gasteiger charge is 2.18. The van der Waals surface area contributed by atoms with Gasteiger partial charge in [-0.15, -0.1) is 0 Å². The van der Waals surface area contributed by atoms with Crippen molar-refractivity contribution < 1.29 is 5.11 Å². The molecule has 3 nitrogen and oxygen atoms in total. The first kappa shape index (κ1) is 14.9. The van der Waals surface area contributed by atoms with E-state index in [1.54, 1.807) is 0 Å². The molecule has 1 fully saturated rings. The molecule has 17 heavy (non-hydrogen) atoms. The van der Waals surface area contributed by atoms with E-state index in [2.05, 4.69) is 24.1 Å². The maximum atomic E-state index is 9.03. The maximum Gasteiger partial charge on any atom is 0.0434 e. The lowest BCUT2D eigenvalue weighted by Gasteiger charge is -2.32. The zero-order valence-electron chi connectivity index (χ0n) is 11.6. The summed E-state index contributed by atoms with van der Waals surface area (Å²) in [5.74, 6) is 0.661. The summed E-state index contributed by atoms with van der Waals surface area (Å²) in [5.41, 5.74) is 0. The van der Waals surface area contributed by atoms with Gasteiger partial charge in [-0.1, -0.05) is 20.3 Å². The van der Waals surface area contributed by atoms with E-state index in [0.717, 1.165) is 13.0 Å². The van der Waals surface area contributed by atoms with Gasteiger partial charge in [-0.05, 0) is 57.8 Å². The number of hydrogen-bond acceptors (Lipinski definition) is 3. The first-order valence-electron chi connectivity index (χ1n) is 7.36. The SMILES string of the molecule is CCCC(CCO)CNC1CCN(CC)CC1. The Labute approximate surface area is 107 Å². The van der Waals surface area contributed by atoms with Crippen LogP contribution in [0.15, 0.2) is 0 Å². The van der Waals surface area contributed by atoms with Gasteiger partial charge in [0.25, 0.3) is 0 Å². The van der Waals surface area contributed by atoms with Crippen LogP contribution in [0.3, 0.4) is 0 Å². The molecule has 1 aliphatic heterocycles. The molecule has 0 spiro atoms. The van der Waals surface area contributed by atoms with E-state index >= 15 is 0 Å². The minimum Gasteiger partial charge on any atom is -0.396 e. The summed E-state index contributed by atoms with van der Waals surface area (Å²) in [6.45, 7) is 9.57. The van der Waals surface area contributed by atoms with Gasteiger partial charge in [0, 0.05) is 12.6 Å². The van der Waals surface area contributed by atoms with Gasteiger partial charge < -0.3 is 15.3 Å². The molecule has 0 amide bonds. The number of likely N-dealkylation sites (tertiary alicyclic amines) is 1. The van der Waals surface area contributed by atoms with Gasteiger partial charge in [-0.2, -0.15) is 0 Å². The number of rotatable bonds is 8. The Bertz CT molecular complexity index is 173. The summed E-state index contributed by atoms with van der Waals surface area (Å²) in [6, 6.07) is 0.704. The highest BCUT2D eigenvalue weighted by molar-refractivity contribution is 4.77. The number of aliphatic hydroxyl groups excluding tert-OH is 1. The van der Waals surface area contributed by atoms with E-state index < -0.39 is 0 Å². The van der Waals surface area contributed by atoms with Crippen molar-refractivity contribution in [2.75, 3.05) is 32.8 Å². The van der Waals surface area contributed by atoms with Crippen molar-refractivity contribution in [1.82, 2.24) is 10.2 Å². The molecule has 3 heteroatoms. The number of nitrogens with one attached hydrogen (secondary N) is 1. The topological polar surface area (TPSA) is 35.5 Å². The Hall–Kier alpha value is -0.120. The second-order valence-electron chi connectivity index (χ2n) is 5.28. The number of hydrogen-bond donors (Lipinski definition) is 2. The molecule has 1 atom stereocenters. The fraction of sp³-hybridized carbons (Fsp3) is 1.00. The van der Waals surface area contributed by atoms with E-state index in [1.165, 1.54) is 45.3 Å². The molecule has 0 saturated carbocycles. The third-order valence-electron chi connectivity index (χ3n) is 3.96. The van der Waals surface area contributed by atoms with Crippen LogP contribution in [0.5, 0.6) is 0 Å². The van der Waals surface area contributed by atoms with E-state index in [1.807, 2.05) is 0 Å². The largest absolute Gasteiger partial charge is 0.396 e. The molecule has 1 heterocycles. The van der Waals surface area contributed by atoms with Gasteiger partial charge in [0.15, 0.2) is 0 Å². The van der Waals surface area contributed by atoms with Crippen LogP contribution in [0.4, 0.5) is 0 Å². The smallest absolute Gasteiger partial charge is 0.0434 e. The van der Waals surface area contributed by atoms with Crippen LogP contribution >= 0.6 is 0 Å². The second kappa shape index (κ2) is 8.90. The van der Waals surface area contributed by atoms with Crippen LogP contribution < -0.4 is 5.32 Å². The molecule has 0 bridgehead atoms. The first-order chi connectivity index (χ1) is 8.30. The molecule has 102 valence electrons. The molecule has 0 aromatic heterocycles. The molecule has 0 aromatic carbocycles. The van der Waals surface area contributed by atoms with Gasteiger partial charge in [0.2, 0.25) is 0 Å². The van der Waals surface area contributed by atoms with Gasteiger partial charge in [-0.3, -0.25) is 0 Å². The van der Waals surface area contributed by atoms with Crippen LogP contribution in [0.25, 0.3) is 0 Å². The molecule has 1 aliphatic rings. The lowest BCUT2D eigenvalue weighted by atomic mass is 9.98. The summed E-state index contributed by atoms with van der Waals surface area (Å²) >= 11 is 0. The molecule has 1 saturated heterocycles. The number of aliphatic hydroxyl groups is 1. The van der Waals surface area contributed by atoms with Crippen LogP contribution in [-0.4, -0.2) is 48.8 Å². The van der Waals surface area contributed by atoms with E-state index in [0.29, 0.717) is 18.6 Å². The normalized spacial score (nSPS) is 20.6. The van der Waals surface area contributed by atoms with Crippen molar-refractivity contribution in [2.24, 2.45) is 5.92 Å². The number of piperidine rings is 1. The molecule has 2 N–H and O–H groups in total. The van der Waals surface area contributed by atoms with Crippen LogP contribution in [0, 0.1) is 5.92 Å².